The Balaban J connectivity index is 1.95. The maximum Gasteiger partial charge on any atom is 0.291 e. The number of hydrogen-bond acceptors (Lipinski definition) is 3. The molecule has 1 aromatic heterocycles. The molecular weight excluding hydrogens is 292 g/mol. The van der Waals surface area contributed by atoms with Gasteiger partial charge in [0.1, 0.15) is 0 Å². The van der Waals surface area contributed by atoms with Crippen LogP contribution in [-0.2, 0) is 6.54 Å². The van der Waals surface area contributed by atoms with Crippen LogP contribution in [0, 0.1) is 0 Å². The summed E-state index contributed by atoms with van der Waals surface area (Å²) in [6.07, 6.45) is 1.47. The Morgan fingerprint density at radius 3 is 2.74 bits per heavy atom. The highest BCUT2D eigenvalue weighted by atomic mass is 16.3. The second-order valence-corrected chi connectivity index (χ2v) is 5.36. The quantitative estimate of drug-likeness (QED) is 0.585. The minimum atomic E-state index is -0.266. The van der Waals surface area contributed by atoms with E-state index in [1.807, 2.05) is 24.3 Å². The lowest BCUT2D eigenvalue weighted by molar-refractivity contribution is 0.0996. The number of nitrogens with zero attached hydrogens (tertiary/aromatic N) is 1. The Hall–Kier alpha value is -2.76. The fraction of sp³-hybridized carbons (Fsp3) is 0.294. The van der Waals surface area contributed by atoms with Crippen molar-refractivity contribution in [2.24, 2.45) is 4.99 Å². The van der Waals surface area contributed by atoms with Crippen LogP contribution >= 0.6 is 0 Å². The second kappa shape index (κ2) is 8.03. The Morgan fingerprint density at radius 1 is 1.26 bits per heavy atom. The van der Waals surface area contributed by atoms with Crippen molar-refractivity contribution in [3.8, 4) is 0 Å². The maximum atomic E-state index is 12.0. The van der Waals surface area contributed by atoms with Crippen LogP contribution in [0.4, 0.5) is 5.69 Å². The summed E-state index contributed by atoms with van der Waals surface area (Å²) < 4.78 is 5.08. The monoisotopic (exact) mass is 314 g/mol. The number of nitrogens with one attached hydrogen (secondary N) is 3. The number of carbonyl (C=O) groups is 1. The molecule has 2 aromatic rings. The van der Waals surface area contributed by atoms with E-state index in [2.05, 4.69) is 34.8 Å². The van der Waals surface area contributed by atoms with Gasteiger partial charge in [-0.2, -0.15) is 0 Å². The molecule has 1 aromatic carbocycles. The Bertz CT molecular complexity index is 663. The molecular formula is C17H22N4O2. The van der Waals surface area contributed by atoms with Crippen LogP contribution in [0.1, 0.15) is 30.0 Å². The largest absolute Gasteiger partial charge is 0.459 e. The van der Waals surface area contributed by atoms with Crippen molar-refractivity contribution in [1.29, 1.82) is 0 Å². The van der Waals surface area contributed by atoms with Gasteiger partial charge < -0.3 is 20.4 Å². The van der Waals surface area contributed by atoms with Gasteiger partial charge in [0.15, 0.2) is 11.7 Å². The third-order valence-electron chi connectivity index (χ3n) is 3.04. The highest BCUT2D eigenvalue weighted by molar-refractivity contribution is 6.02. The topological polar surface area (TPSA) is 78.7 Å². The summed E-state index contributed by atoms with van der Waals surface area (Å²) >= 11 is 0. The maximum absolute atomic E-state index is 12.0. The van der Waals surface area contributed by atoms with Crippen molar-refractivity contribution in [3.05, 3.63) is 54.0 Å². The van der Waals surface area contributed by atoms with Crippen LogP contribution in [0.25, 0.3) is 0 Å². The van der Waals surface area contributed by atoms with Gasteiger partial charge in [-0.25, -0.2) is 0 Å². The molecule has 0 radical (unpaired) electrons. The first-order valence-electron chi connectivity index (χ1n) is 7.49. The third kappa shape index (κ3) is 5.18. The van der Waals surface area contributed by atoms with Crippen molar-refractivity contribution in [1.82, 2.24) is 10.6 Å². The molecule has 0 aliphatic heterocycles. The van der Waals surface area contributed by atoms with Gasteiger partial charge >= 0.3 is 0 Å². The lowest BCUT2D eigenvalue weighted by Gasteiger charge is -2.14. The molecule has 122 valence electrons. The summed E-state index contributed by atoms with van der Waals surface area (Å²) in [4.78, 5) is 16.1. The van der Waals surface area contributed by atoms with Crippen LogP contribution in [0.3, 0.4) is 0 Å². The SMILES string of the molecule is CN=C(NCc1cccc(NC(=O)c2ccco2)c1)NC(C)C. The minimum absolute atomic E-state index is 0.266. The van der Waals surface area contributed by atoms with Crippen molar-refractivity contribution in [3.63, 3.8) is 0 Å². The fourth-order valence-corrected chi connectivity index (χ4v) is 2.01. The summed E-state index contributed by atoms with van der Waals surface area (Å²) in [5.41, 5.74) is 1.76. The number of furan rings is 1. The summed E-state index contributed by atoms with van der Waals surface area (Å²) in [7, 11) is 1.73. The first kappa shape index (κ1) is 16.6. The Labute approximate surface area is 136 Å². The molecule has 23 heavy (non-hydrogen) atoms. The van der Waals surface area contributed by atoms with Gasteiger partial charge in [0.25, 0.3) is 5.91 Å². The molecule has 0 aliphatic carbocycles. The van der Waals surface area contributed by atoms with Gasteiger partial charge in [-0.1, -0.05) is 12.1 Å². The van der Waals surface area contributed by atoms with E-state index < -0.39 is 0 Å². The van der Waals surface area contributed by atoms with Crippen molar-refractivity contribution in [2.45, 2.75) is 26.4 Å². The smallest absolute Gasteiger partial charge is 0.291 e. The van der Waals surface area contributed by atoms with Crippen LogP contribution in [-0.4, -0.2) is 25.0 Å². The lowest BCUT2D eigenvalue weighted by atomic mass is 10.2. The molecule has 6 heteroatoms. The molecule has 3 N–H and O–H groups in total. The van der Waals surface area contributed by atoms with Gasteiger partial charge in [0.05, 0.1) is 6.26 Å². The lowest BCUT2D eigenvalue weighted by Crippen LogP contribution is -2.40. The average molecular weight is 314 g/mol. The first-order valence-corrected chi connectivity index (χ1v) is 7.49. The van der Waals surface area contributed by atoms with Gasteiger partial charge in [-0.15, -0.1) is 0 Å². The molecule has 0 saturated carbocycles. The zero-order chi connectivity index (χ0) is 16.7. The third-order valence-corrected chi connectivity index (χ3v) is 3.04. The molecule has 0 unspecified atom stereocenters. The molecule has 0 aliphatic rings. The molecule has 0 atom stereocenters. The molecule has 1 heterocycles. The van der Waals surface area contributed by atoms with Crippen LogP contribution in [0.2, 0.25) is 0 Å². The molecule has 0 spiro atoms. The van der Waals surface area contributed by atoms with Gasteiger partial charge in [0, 0.05) is 25.3 Å². The number of hydrogen-bond donors (Lipinski definition) is 3. The van der Waals surface area contributed by atoms with Crippen molar-refractivity contribution < 1.29 is 9.21 Å². The number of guanidine groups is 1. The molecule has 0 fully saturated rings. The van der Waals surface area contributed by atoms with Gasteiger partial charge in [-0.3, -0.25) is 9.79 Å². The molecule has 0 bridgehead atoms. The van der Waals surface area contributed by atoms with E-state index in [1.54, 1.807) is 19.2 Å². The highest BCUT2D eigenvalue weighted by Gasteiger charge is 2.09. The number of amides is 1. The van der Waals surface area contributed by atoms with E-state index in [4.69, 9.17) is 4.42 Å². The van der Waals surface area contributed by atoms with Gasteiger partial charge in [-0.05, 0) is 43.7 Å². The van der Waals surface area contributed by atoms with E-state index in [0.29, 0.717) is 12.6 Å². The van der Waals surface area contributed by atoms with Crippen LogP contribution in [0.15, 0.2) is 52.1 Å². The van der Waals surface area contributed by atoms with E-state index >= 15 is 0 Å². The average Bonchev–Trinajstić information content (AvgIpc) is 3.06. The highest BCUT2D eigenvalue weighted by Crippen LogP contribution is 2.12. The van der Waals surface area contributed by atoms with E-state index in [1.165, 1.54) is 6.26 Å². The molecule has 0 saturated heterocycles. The normalized spacial score (nSPS) is 11.4. The fourth-order valence-electron chi connectivity index (χ4n) is 2.01. The minimum Gasteiger partial charge on any atom is -0.459 e. The number of rotatable bonds is 5. The number of benzene rings is 1. The summed E-state index contributed by atoms with van der Waals surface area (Å²) in [6.45, 7) is 4.71. The Morgan fingerprint density at radius 2 is 2.09 bits per heavy atom. The van der Waals surface area contributed by atoms with Gasteiger partial charge in [0.2, 0.25) is 0 Å². The van der Waals surface area contributed by atoms with Crippen molar-refractivity contribution >= 4 is 17.6 Å². The molecule has 2 rings (SSSR count). The van der Waals surface area contributed by atoms with E-state index in [0.717, 1.165) is 17.2 Å². The second-order valence-electron chi connectivity index (χ2n) is 5.36. The summed E-state index contributed by atoms with van der Waals surface area (Å²) in [5.74, 6) is 0.762. The van der Waals surface area contributed by atoms with Crippen molar-refractivity contribution in [2.75, 3.05) is 12.4 Å². The predicted molar refractivity (Wildman–Crippen MR) is 91.6 cm³/mol. The Kier molecular flexibility index (Phi) is 5.80. The zero-order valence-corrected chi connectivity index (χ0v) is 13.6. The van der Waals surface area contributed by atoms with E-state index in [9.17, 15) is 4.79 Å². The first-order chi connectivity index (χ1) is 11.1. The van der Waals surface area contributed by atoms with Crippen LogP contribution in [0.5, 0.6) is 0 Å². The number of anilines is 1. The number of carbonyl (C=O) groups excluding carboxylic acids is 1. The summed E-state index contributed by atoms with van der Waals surface area (Å²) in [6, 6.07) is 11.2. The number of aliphatic imine (C=N–C) groups is 1. The van der Waals surface area contributed by atoms with E-state index in [-0.39, 0.29) is 11.7 Å². The summed E-state index contributed by atoms with van der Waals surface area (Å²) in [5, 5.41) is 9.27. The zero-order valence-electron chi connectivity index (χ0n) is 13.6. The molecule has 1 amide bonds. The van der Waals surface area contributed by atoms with Crippen LogP contribution < -0.4 is 16.0 Å². The standard InChI is InChI=1S/C17H22N4O2/c1-12(2)20-17(18-3)19-11-13-6-4-7-14(10-13)21-16(22)15-8-5-9-23-15/h4-10,12H,11H2,1-3H3,(H,21,22)(H2,18,19,20). The molecule has 6 nitrogen and oxygen atoms in total. The predicted octanol–water partition coefficient (Wildman–Crippen LogP) is 2.61.